The lowest BCUT2D eigenvalue weighted by Gasteiger charge is -2.28. The molecule has 0 unspecified atom stereocenters. The number of nitrogens with zero attached hydrogens (tertiary/aromatic N) is 2. The molecular weight excluding hydrogens is 637 g/mol. The van der Waals surface area contributed by atoms with E-state index in [1.165, 1.54) is 74.3 Å². The first-order chi connectivity index (χ1) is 25.3. The van der Waals surface area contributed by atoms with Gasteiger partial charge in [-0.1, -0.05) is 121 Å². The first-order valence-corrected chi connectivity index (χ1v) is 18.3. The second-order valence-electron chi connectivity index (χ2n) is 13.3. The summed E-state index contributed by atoms with van der Waals surface area (Å²) in [6, 6.07) is 66.9. The first kappa shape index (κ1) is 28.4. The lowest BCUT2D eigenvalue weighted by Crippen LogP contribution is -2.11. The molecule has 0 saturated carbocycles. The third kappa shape index (κ3) is 4.29. The monoisotopic (exact) mass is 666 g/mol. The van der Waals surface area contributed by atoms with Gasteiger partial charge in [0.05, 0.1) is 16.7 Å². The highest BCUT2D eigenvalue weighted by Gasteiger charge is 2.22. The fraction of sp³-hybridized carbons (Fsp3) is 0. The van der Waals surface area contributed by atoms with Crippen LogP contribution < -0.4 is 4.90 Å². The van der Waals surface area contributed by atoms with Gasteiger partial charge in [0.15, 0.2) is 0 Å². The van der Waals surface area contributed by atoms with Crippen LogP contribution in [0.1, 0.15) is 0 Å². The number of thiophene rings is 1. The third-order valence-electron chi connectivity index (χ3n) is 10.5. The van der Waals surface area contributed by atoms with Gasteiger partial charge in [0, 0.05) is 48.0 Å². The SMILES string of the molecule is c1ccc(-n2c3ccccc3c3cccc(N(c4ccc5sc6ccccc6c5c4)c4ccc5ccc6ccc7ccccc7c6c5c4)c32)cc1. The Labute approximate surface area is 298 Å². The van der Waals surface area contributed by atoms with Crippen LogP contribution in [0.2, 0.25) is 0 Å². The topological polar surface area (TPSA) is 8.17 Å². The summed E-state index contributed by atoms with van der Waals surface area (Å²) in [6.07, 6.45) is 0. The number of benzene rings is 9. The second kappa shape index (κ2) is 11.0. The molecule has 0 atom stereocenters. The van der Waals surface area contributed by atoms with Crippen LogP contribution in [0.5, 0.6) is 0 Å². The predicted octanol–water partition coefficient (Wildman–Crippen LogP) is 14.1. The zero-order chi connectivity index (χ0) is 33.5. The standard InChI is InChI=1S/C48H30N2S/c1-2-12-34(13-3-1)50-43-18-8-6-15-38(43)40-17-10-19-44(48(40)50)49(36-27-28-46-42(30-36)39-16-7-9-20-45(39)51-46)35-26-25-32-22-24-33-23-21-31-11-4-5-14-37(31)47(33)41(32)29-35/h1-30H. The lowest BCUT2D eigenvalue weighted by molar-refractivity contribution is 1.17. The third-order valence-corrected chi connectivity index (χ3v) is 11.7. The van der Waals surface area contributed by atoms with Crippen molar-refractivity contribution in [1.29, 1.82) is 0 Å². The number of aromatic nitrogens is 1. The van der Waals surface area contributed by atoms with Crippen molar-refractivity contribution >= 4 is 103 Å². The second-order valence-corrected chi connectivity index (χ2v) is 14.4. The molecule has 0 N–H and O–H groups in total. The molecular formula is C48H30N2S. The summed E-state index contributed by atoms with van der Waals surface area (Å²) in [6.45, 7) is 0. The van der Waals surface area contributed by atoms with Crippen LogP contribution in [0.25, 0.3) is 80.0 Å². The molecule has 0 aliphatic rings. The van der Waals surface area contributed by atoms with E-state index < -0.39 is 0 Å². The molecule has 0 fully saturated rings. The van der Waals surface area contributed by atoms with Gasteiger partial charge in [0.2, 0.25) is 0 Å². The fourth-order valence-electron chi connectivity index (χ4n) is 8.26. The summed E-state index contributed by atoms with van der Waals surface area (Å²) in [5.41, 5.74) is 6.92. The van der Waals surface area contributed by atoms with E-state index in [2.05, 4.69) is 191 Å². The maximum atomic E-state index is 2.48. The van der Waals surface area contributed by atoms with Crippen LogP contribution in [0.3, 0.4) is 0 Å². The van der Waals surface area contributed by atoms with Gasteiger partial charge in [0.25, 0.3) is 0 Å². The maximum Gasteiger partial charge on any atom is 0.0782 e. The van der Waals surface area contributed by atoms with Gasteiger partial charge in [-0.25, -0.2) is 0 Å². The molecule has 51 heavy (non-hydrogen) atoms. The van der Waals surface area contributed by atoms with Crippen molar-refractivity contribution < 1.29 is 0 Å². The Bertz CT molecular complexity index is 3150. The molecule has 0 aliphatic heterocycles. The molecule has 9 aromatic carbocycles. The molecule has 238 valence electrons. The minimum absolute atomic E-state index is 1.12. The molecule has 3 heteroatoms. The largest absolute Gasteiger partial charge is 0.308 e. The van der Waals surface area contributed by atoms with E-state index in [1.54, 1.807) is 0 Å². The molecule has 0 spiro atoms. The average Bonchev–Trinajstić information content (AvgIpc) is 3.74. The summed E-state index contributed by atoms with van der Waals surface area (Å²) in [5, 5.41) is 12.6. The Morgan fingerprint density at radius 3 is 1.86 bits per heavy atom. The van der Waals surface area contributed by atoms with Gasteiger partial charge in [-0.2, -0.15) is 0 Å². The van der Waals surface area contributed by atoms with Crippen molar-refractivity contribution in [3.05, 3.63) is 182 Å². The molecule has 0 bridgehead atoms. The van der Waals surface area contributed by atoms with Gasteiger partial charge in [-0.05, 0) is 93.0 Å². The smallest absolute Gasteiger partial charge is 0.0782 e. The minimum atomic E-state index is 1.12. The molecule has 2 heterocycles. The van der Waals surface area contributed by atoms with Crippen molar-refractivity contribution in [3.8, 4) is 5.69 Å². The number of rotatable bonds is 4. The number of hydrogen-bond donors (Lipinski definition) is 0. The van der Waals surface area contributed by atoms with Crippen LogP contribution in [0, 0.1) is 0 Å². The fourth-order valence-corrected chi connectivity index (χ4v) is 9.35. The normalized spacial score (nSPS) is 11.9. The molecule has 2 nitrogen and oxygen atoms in total. The minimum Gasteiger partial charge on any atom is -0.308 e. The summed E-state index contributed by atoms with van der Waals surface area (Å²) >= 11 is 1.86. The highest BCUT2D eigenvalue weighted by Crippen LogP contribution is 2.46. The number of hydrogen-bond acceptors (Lipinski definition) is 2. The lowest BCUT2D eigenvalue weighted by atomic mass is 9.96. The van der Waals surface area contributed by atoms with Gasteiger partial charge in [-0.3, -0.25) is 0 Å². The van der Waals surface area contributed by atoms with Crippen LogP contribution in [0.15, 0.2) is 182 Å². The summed E-state index contributed by atoms with van der Waals surface area (Å²) in [5.74, 6) is 0. The van der Waals surface area contributed by atoms with Gasteiger partial charge >= 0.3 is 0 Å². The molecule has 2 aromatic heterocycles. The molecule has 0 saturated heterocycles. The maximum absolute atomic E-state index is 2.48. The van der Waals surface area contributed by atoms with Gasteiger partial charge in [0.1, 0.15) is 0 Å². The first-order valence-electron chi connectivity index (χ1n) is 17.4. The van der Waals surface area contributed by atoms with E-state index in [1.807, 2.05) is 11.3 Å². The van der Waals surface area contributed by atoms with Crippen LogP contribution in [-0.4, -0.2) is 4.57 Å². The number of anilines is 3. The molecule has 11 rings (SSSR count). The van der Waals surface area contributed by atoms with E-state index >= 15 is 0 Å². The van der Waals surface area contributed by atoms with Crippen LogP contribution >= 0.6 is 11.3 Å². The predicted molar refractivity (Wildman–Crippen MR) is 221 cm³/mol. The quantitative estimate of drug-likeness (QED) is 0.170. The van der Waals surface area contributed by atoms with E-state index in [-0.39, 0.29) is 0 Å². The Morgan fingerprint density at radius 1 is 0.392 bits per heavy atom. The number of fused-ring (bicyclic) bond motifs is 11. The van der Waals surface area contributed by atoms with E-state index in [9.17, 15) is 0 Å². The molecule has 0 amide bonds. The van der Waals surface area contributed by atoms with Gasteiger partial charge < -0.3 is 9.47 Å². The van der Waals surface area contributed by atoms with Crippen molar-refractivity contribution in [3.63, 3.8) is 0 Å². The van der Waals surface area contributed by atoms with E-state index in [0.29, 0.717) is 0 Å². The molecule has 11 aromatic rings. The van der Waals surface area contributed by atoms with Crippen molar-refractivity contribution in [1.82, 2.24) is 4.57 Å². The van der Waals surface area contributed by atoms with E-state index in [0.717, 1.165) is 22.7 Å². The summed E-state index contributed by atoms with van der Waals surface area (Å²) in [7, 11) is 0. The Balaban J connectivity index is 1.27. The number of para-hydroxylation sites is 3. The van der Waals surface area contributed by atoms with Crippen LogP contribution in [0.4, 0.5) is 17.1 Å². The Morgan fingerprint density at radius 2 is 1.00 bits per heavy atom. The van der Waals surface area contributed by atoms with E-state index in [4.69, 9.17) is 0 Å². The molecule has 0 aliphatic carbocycles. The summed E-state index contributed by atoms with van der Waals surface area (Å²) < 4.78 is 5.05. The summed E-state index contributed by atoms with van der Waals surface area (Å²) in [4.78, 5) is 2.48. The van der Waals surface area contributed by atoms with Crippen LogP contribution in [-0.2, 0) is 0 Å². The Kier molecular flexibility index (Phi) is 6.16. The van der Waals surface area contributed by atoms with Crippen molar-refractivity contribution in [2.24, 2.45) is 0 Å². The highest BCUT2D eigenvalue weighted by atomic mass is 32.1. The zero-order valence-electron chi connectivity index (χ0n) is 27.6. The Hall–Kier alpha value is -6.42. The highest BCUT2D eigenvalue weighted by molar-refractivity contribution is 7.25. The average molecular weight is 667 g/mol. The van der Waals surface area contributed by atoms with Crippen molar-refractivity contribution in [2.45, 2.75) is 0 Å². The molecule has 0 radical (unpaired) electrons. The van der Waals surface area contributed by atoms with Crippen molar-refractivity contribution in [2.75, 3.05) is 4.90 Å². The zero-order valence-corrected chi connectivity index (χ0v) is 28.4. The van der Waals surface area contributed by atoms with Gasteiger partial charge in [-0.15, -0.1) is 11.3 Å².